The molecule has 2 aliphatic rings. The molecule has 2 nitrogen and oxygen atoms in total. The molecule has 1 aliphatic carbocycles. The van der Waals surface area contributed by atoms with Crippen LogP contribution in [0.1, 0.15) is 34.6 Å². The van der Waals surface area contributed by atoms with Crippen LogP contribution in [0.4, 0.5) is 0 Å². The topological polar surface area (TPSA) is 15.3 Å². The van der Waals surface area contributed by atoms with E-state index in [1.807, 2.05) is 0 Å². The fourth-order valence-electron chi connectivity index (χ4n) is 2.71. The average molecular weight is 196 g/mol. The number of fused-ring (bicyclic) bond motifs is 1. The second-order valence-electron chi connectivity index (χ2n) is 6.25. The molecular formula is C12H24N2. The molecular weight excluding hydrogens is 172 g/mol. The molecule has 0 amide bonds. The van der Waals surface area contributed by atoms with Crippen molar-refractivity contribution in [2.45, 2.75) is 52.2 Å². The van der Waals surface area contributed by atoms with Crippen molar-refractivity contribution in [1.82, 2.24) is 10.2 Å². The predicted octanol–water partition coefficient (Wildman–Crippen LogP) is 1.71. The van der Waals surface area contributed by atoms with Gasteiger partial charge in [0, 0.05) is 30.7 Å². The summed E-state index contributed by atoms with van der Waals surface area (Å²) in [5.74, 6) is 1.88. The quantitative estimate of drug-likeness (QED) is 0.723. The number of rotatable bonds is 2. The summed E-state index contributed by atoms with van der Waals surface area (Å²) >= 11 is 0. The minimum absolute atomic E-state index is 0.371. The number of hydrogen-bond acceptors (Lipinski definition) is 2. The van der Waals surface area contributed by atoms with Gasteiger partial charge in [-0.1, -0.05) is 13.8 Å². The van der Waals surface area contributed by atoms with Gasteiger partial charge in [-0.05, 0) is 32.6 Å². The lowest BCUT2D eigenvalue weighted by molar-refractivity contribution is 0.149. The number of hydrogen-bond donors (Lipinski definition) is 1. The van der Waals surface area contributed by atoms with E-state index in [1.54, 1.807) is 0 Å². The summed E-state index contributed by atoms with van der Waals surface area (Å²) in [7, 11) is 0. The third-order valence-electron chi connectivity index (χ3n) is 3.67. The first kappa shape index (κ1) is 10.4. The molecule has 2 rings (SSSR count). The zero-order chi connectivity index (χ0) is 10.5. The molecule has 1 saturated heterocycles. The van der Waals surface area contributed by atoms with Gasteiger partial charge < -0.3 is 5.32 Å². The van der Waals surface area contributed by atoms with E-state index >= 15 is 0 Å². The van der Waals surface area contributed by atoms with E-state index in [9.17, 15) is 0 Å². The van der Waals surface area contributed by atoms with E-state index in [1.165, 1.54) is 13.1 Å². The van der Waals surface area contributed by atoms with E-state index in [4.69, 9.17) is 0 Å². The first-order valence-corrected chi connectivity index (χ1v) is 5.90. The van der Waals surface area contributed by atoms with Crippen LogP contribution in [-0.4, -0.2) is 35.6 Å². The molecule has 2 heteroatoms. The lowest BCUT2D eigenvalue weighted by Gasteiger charge is -2.33. The molecule has 0 aromatic rings. The van der Waals surface area contributed by atoms with Crippen LogP contribution in [-0.2, 0) is 0 Å². The number of likely N-dealkylation sites (tertiary alicyclic amines) is 1. The second kappa shape index (κ2) is 3.21. The van der Waals surface area contributed by atoms with Crippen LogP contribution >= 0.6 is 0 Å². The third-order valence-corrected chi connectivity index (χ3v) is 3.67. The maximum absolute atomic E-state index is 3.66. The molecule has 0 bridgehead atoms. The fourth-order valence-corrected chi connectivity index (χ4v) is 2.71. The van der Waals surface area contributed by atoms with Crippen molar-refractivity contribution in [3.8, 4) is 0 Å². The van der Waals surface area contributed by atoms with Gasteiger partial charge in [0.2, 0.25) is 0 Å². The van der Waals surface area contributed by atoms with Gasteiger partial charge in [-0.25, -0.2) is 0 Å². The highest BCUT2D eigenvalue weighted by Crippen LogP contribution is 2.47. The minimum Gasteiger partial charge on any atom is -0.311 e. The monoisotopic (exact) mass is 196 g/mol. The number of nitrogens with zero attached hydrogens (tertiary/aromatic N) is 1. The van der Waals surface area contributed by atoms with Crippen molar-refractivity contribution < 1.29 is 0 Å². The summed E-state index contributed by atoms with van der Waals surface area (Å²) < 4.78 is 0. The summed E-state index contributed by atoms with van der Waals surface area (Å²) in [5, 5.41) is 3.66. The average Bonchev–Trinajstić information content (AvgIpc) is 2.50. The van der Waals surface area contributed by atoms with Crippen molar-refractivity contribution in [3.05, 3.63) is 0 Å². The van der Waals surface area contributed by atoms with Crippen molar-refractivity contribution >= 4 is 0 Å². The lowest BCUT2D eigenvalue weighted by Crippen LogP contribution is -2.43. The Hall–Kier alpha value is -0.0800. The third kappa shape index (κ3) is 1.82. The predicted molar refractivity (Wildman–Crippen MR) is 60.4 cm³/mol. The molecule has 1 N–H and O–H groups in total. The van der Waals surface area contributed by atoms with Crippen LogP contribution in [0.3, 0.4) is 0 Å². The maximum atomic E-state index is 3.66. The summed E-state index contributed by atoms with van der Waals surface area (Å²) in [6.07, 6.45) is 0. The van der Waals surface area contributed by atoms with Gasteiger partial charge in [-0.2, -0.15) is 0 Å². The first-order chi connectivity index (χ1) is 6.39. The highest BCUT2D eigenvalue weighted by atomic mass is 15.3. The molecule has 14 heavy (non-hydrogen) atoms. The molecule has 2 fully saturated rings. The molecule has 1 heterocycles. The molecule has 2 atom stereocenters. The lowest BCUT2D eigenvalue weighted by atomic mass is 10.1. The molecule has 0 aromatic heterocycles. The highest BCUT2D eigenvalue weighted by molar-refractivity contribution is 5.12. The van der Waals surface area contributed by atoms with Gasteiger partial charge in [0.15, 0.2) is 0 Å². The maximum Gasteiger partial charge on any atom is 0.0158 e. The molecule has 82 valence electrons. The Morgan fingerprint density at radius 1 is 1.14 bits per heavy atom. The Kier molecular flexibility index (Phi) is 2.39. The Morgan fingerprint density at radius 3 is 2.00 bits per heavy atom. The summed E-state index contributed by atoms with van der Waals surface area (Å²) in [6.45, 7) is 14.1. The van der Waals surface area contributed by atoms with E-state index in [2.05, 4.69) is 44.8 Å². The zero-order valence-electron chi connectivity index (χ0n) is 10.2. The highest BCUT2D eigenvalue weighted by Gasteiger charge is 2.56. The van der Waals surface area contributed by atoms with E-state index in [-0.39, 0.29) is 0 Å². The standard InChI is InChI=1S/C12H24N2/c1-8(2)13-11-9-6-14(7-10(9)11)12(3,4)5/h8-11,13H,6-7H2,1-5H3. The van der Waals surface area contributed by atoms with Crippen LogP contribution in [0.25, 0.3) is 0 Å². The zero-order valence-corrected chi connectivity index (χ0v) is 10.2. The largest absolute Gasteiger partial charge is 0.311 e. The van der Waals surface area contributed by atoms with E-state index in [0.717, 1.165) is 17.9 Å². The second-order valence-corrected chi connectivity index (χ2v) is 6.25. The first-order valence-electron chi connectivity index (χ1n) is 5.90. The van der Waals surface area contributed by atoms with Gasteiger partial charge in [0.1, 0.15) is 0 Å². The van der Waals surface area contributed by atoms with Crippen molar-refractivity contribution in [3.63, 3.8) is 0 Å². The van der Waals surface area contributed by atoms with Crippen molar-refractivity contribution in [2.24, 2.45) is 11.8 Å². The summed E-state index contributed by atoms with van der Waals surface area (Å²) in [6, 6.07) is 1.47. The molecule has 0 aromatic carbocycles. The molecule has 1 saturated carbocycles. The normalized spacial score (nSPS) is 37.7. The smallest absolute Gasteiger partial charge is 0.0158 e. The van der Waals surface area contributed by atoms with Gasteiger partial charge in [-0.3, -0.25) is 4.90 Å². The Balaban J connectivity index is 1.82. The Morgan fingerprint density at radius 2 is 1.64 bits per heavy atom. The van der Waals surface area contributed by atoms with Crippen LogP contribution in [0, 0.1) is 11.8 Å². The van der Waals surface area contributed by atoms with Crippen molar-refractivity contribution in [2.75, 3.05) is 13.1 Å². The SMILES string of the molecule is CC(C)NC1C2CN(C(C)(C)C)CC21. The van der Waals surface area contributed by atoms with Gasteiger partial charge in [-0.15, -0.1) is 0 Å². The minimum atomic E-state index is 0.371. The van der Waals surface area contributed by atoms with Crippen LogP contribution in [0.5, 0.6) is 0 Å². The van der Waals surface area contributed by atoms with Gasteiger partial charge in [0.25, 0.3) is 0 Å². The summed E-state index contributed by atoms with van der Waals surface area (Å²) in [5.41, 5.74) is 0.371. The van der Waals surface area contributed by atoms with Gasteiger partial charge in [0.05, 0.1) is 0 Å². The molecule has 0 spiro atoms. The Labute approximate surface area is 88.1 Å². The van der Waals surface area contributed by atoms with Crippen LogP contribution in [0.15, 0.2) is 0 Å². The summed E-state index contributed by atoms with van der Waals surface area (Å²) in [4.78, 5) is 2.63. The fraction of sp³-hybridized carbons (Fsp3) is 1.00. The van der Waals surface area contributed by atoms with Gasteiger partial charge >= 0.3 is 0 Å². The molecule has 2 unspecified atom stereocenters. The van der Waals surface area contributed by atoms with E-state index in [0.29, 0.717) is 11.6 Å². The number of nitrogens with one attached hydrogen (secondary N) is 1. The van der Waals surface area contributed by atoms with Crippen LogP contribution in [0.2, 0.25) is 0 Å². The van der Waals surface area contributed by atoms with Crippen molar-refractivity contribution in [1.29, 1.82) is 0 Å². The molecule has 1 aliphatic heterocycles. The number of piperidine rings is 1. The van der Waals surface area contributed by atoms with E-state index < -0.39 is 0 Å². The van der Waals surface area contributed by atoms with Crippen LogP contribution < -0.4 is 5.32 Å². The molecule has 0 radical (unpaired) electrons. The Bertz CT molecular complexity index is 205.